The van der Waals surface area contributed by atoms with E-state index in [-0.39, 0.29) is 18.4 Å². The molecule has 2 aliphatic heterocycles. The molecule has 0 radical (unpaired) electrons. The molecule has 26 heavy (non-hydrogen) atoms. The Hall–Kier alpha value is -2.41. The number of morpholine rings is 1. The van der Waals surface area contributed by atoms with Crippen molar-refractivity contribution in [1.29, 1.82) is 0 Å². The lowest BCUT2D eigenvalue weighted by Crippen LogP contribution is -2.42. The molecule has 2 amide bonds. The fourth-order valence-corrected chi connectivity index (χ4v) is 3.69. The molecule has 4 rings (SSSR count). The summed E-state index contributed by atoms with van der Waals surface area (Å²) in [4.78, 5) is 29.2. The highest BCUT2D eigenvalue weighted by Crippen LogP contribution is 2.22. The summed E-state index contributed by atoms with van der Waals surface area (Å²) in [6.45, 7) is 4.08. The largest absolute Gasteiger partial charge is 0.378 e. The van der Waals surface area contributed by atoms with Crippen LogP contribution in [0.3, 0.4) is 0 Å². The number of aromatic nitrogens is 2. The average Bonchev–Trinajstić information content (AvgIpc) is 3.07. The first kappa shape index (κ1) is 17.0. The topological polar surface area (TPSA) is 67.7 Å². The van der Waals surface area contributed by atoms with Gasteiger partial charge in [-0.1, -0.05) is 18.2 Å². The molecule has 138 valence electrons. The van der Waals surface area contributed by atoms with Gasteiger partial charge in [0.25, 0.3) is 5.91 Å². The number of hydrogen-bond acceptors (Lipinski definition) is 4. The van der Waals surface area contributed by atoms with Crippen molar-refractivity contribution in [3.63, 3.8) is 0 Å². The van der Waals surface area contributed by atoms with Crippen molar-refractivity contribution >= 4 is 22.7 Å². The van der Waals surface area contributed by atoms with Gasteiger partial charge < -0.3 is 14.5 Å². The Morgan fingerprint density at radius 1 is 0.962 bits per heavy atom. The molecule has 2 fully saturated rings. The van der Waals surface area contributed by atoms with Crippen LogP contribution in [0.25, 0.3) is 10.9 Å². The Kier molecular flexibility index (Phi) is 4.88. The van der Waals surface area contributed by atoms with Gasteiger partial charge in [0, 0.05) is 31.6 Å². The third-order valence-electron chi connectivity index (χ3n) is 5.15. The molecule has 7 nitrogen and oxygen atoms in total. The van der Waals surface area contributed by atoms with Crippen LogP contribution in [-0.4, -0.2) is 70.8 Å². The summed E-state index contributed by atoms with van der Waals surface area (Å²) < 4.78 is 6.98. The first-order valence-electron chi connectivity index (χ1n) is 9.34. The van der Waals surface area contributed by atoms with E-state index in [1.165, 1.54) is 6.42 Å². The van der Waals surface area contributed by atoms with E-state index in [4.69, 9.17) is 4.74 Å². The van der Waals surface area contributed by atoms with Crippen molar-refractivity contribution in [1.82, 2.24) is 19.6 Å². The van der Waals surface area contributed by atoms with Crippen LogP contribution in [0.1, 0.15) is 29.8 Å². The zero-order valence-electron chi connectivity index (χ0n) is 14.9. The van der Waals surface area contributed by atoms with Gasteiger partial charge in [-0.25, -0.2) is 0 Å². The Morgan fingerprint density at radius 2 is 1.69 bits per heavy atom. The highest BCUT2D eigenvalue weighted by atomic mass is 16.5. The van der Waals surface area contributed by atoms with Gasteiger partial charge in [-0.3, -0.25) is 14.3 Å². The van der Waals surface area contributed by atoms with E-state index < -0.39 is 0 Å². The number of piperidine rings is 1. The van der Waals surface area contributed by atoms with Gasteiger partial charge in [-0.2, -0.15) is 5.10 Å². The molecule has 2 saturated heterocycles. The number of carbonyl (C=O) groups is 2. The first-order valence-corrected chi connectivity index (χ1v) is 9.34. The van der Waals surface area contributed by atoms with Gasteiger partial charge in [0.05, 0.1) is 18.7 Å². The third kappa shape index (κ3) is 3.31. The molecule has 1 aromatic carbocycles. The number of rotatable bonds is 3. The number of para-hydroxylation sites is 1. The SMILES string of the molecule is O=C(Cn1nc(C(=O)N2CCCCC2)c2ccccc21)N1CCOCC1. The van der Waals surface area contributed by atoms with Gasteiger partial charge >= 0.3 is 0 Å². The Bertz CT molecular complexity index is 804. The minimum Gasteiger partial charge on any atom is -0.378 e. The summed E-state index contributed by atoms with van der Waals surface area (Å²) in [6, 6.07) is 7.65. The lowest BCUT2D eigenvalue weighted by Gasteiger charge is -2.27. The molecule has 0 aliphatic carbocycles. The lowest BCUT2D eigenvalue weighted by atomic mass is 10.1. The van der Waals surface area contributed by atoms with Crippen molar-refractivity contribution in [2.75, 3.05) is 39.4 Å². The summed E-state index contributed by atoms with van der Waals surface area (Å²) in [5.74, 6) is -0.0167. The van der Waals surface area contributed by atoms with Crippen LogP contribution >= 0.6 is 0 Å². The monoisotopic (exact) mass is 356 g/mol. The van der Waals surface area contributed by atoms with Crippen molar-refractivity contribution in [3.8, 4) is 0 Å². The zero-order valence-corrected chi connectivity index (χ0v) is 14.9. The number of ether oxygens (including phenoxy) is 1. The van der Waals surface area contributed by atoms with Crippen molar-refractivity contribution < 1.29 is 14.3 Å². The van der Waals surface area contributed by atoms with E-state index in [0.717, 1.165) is 36.8 Å². The Labute approximate surface area is 152 Å². The lowest BCUT2D eigenvalue weighted by molar-refractivity contribution is -0.136. The summed E-state index contributed by atoms with van der Waals surface area (Å²) in [5.41, 5.74) is 1.28. The van der Waals surface area contributed by atoms with E-state index in [1.54, 1.807) is 9.58 Å². The van der Waals surface area contributed by atoms with E-state index >= 15 is 0 Å². The number of carbonyl (C=O) groups excluding carboxylic acids is 2. The number of nitrogens with zero attached hydrogens (tertiary/aromatic N) is 4. The second-order valence-corrected chi connectivity index (χ2v) is 6.87. The maximum Gasteiger partial charge on any atom is 0.275 e. The molecular weight excluding hydrogens is 332 g/mol. The van der Waals surface area contributed by atoms with E-state index in [1.807, 2.05) is 29.2 Å². The third-order valence-corrected chi connectivity index (χ3v) is 5.15. The molecule has 0 unspecified atom stereocenters. The predicted molar refractivity (Wildman–Crippen MR) is 96.9 cm³/mol. The fourth-order valence-electron chi connectivity index (χ4n) is 3.69. The number of fused-ring (bicyclic) bond motifs is 1. The number of amides is 2. The van der Waals surface area contributed by atoms with Crippen LogP contribution in [-0.2, 0) is 16.1 Å². The maximum atomic E-state index is 13.0. The molecule has 2 aromatic rings. The van der Waals surface area contributed by atoms with Crippen molar-refractivity contribution in [3.05, 3.63) is 30.0 Å². The standard InChI is InChI=1S/C19H24N4O3/c24-17(21-10-12-26-13-11-21)14-23-16-7-3-2-6-15(16)18(20-23)19(25)22-8-4-1-5-9-22/h2-3,6-7H,1,4-5,8-14H2. The van der Waals surface area contributed by atoms with Gasteiger partial charge in [0.15, 0.2) is 5.69 Å². The summed E-state index contributed by atoms with van der Waals surface area (Å²) in [5, 5.41) is 5.36. The molecule has 0 bridgehead atoms. The van der Waals surface area contributed by atoms with Gasteiger partial charge in [0.2, 0.25) is 5.91 Å². The minimum absolute atomic E-state index is 0.0125. The van der Waals surface area contributed by atoms with Crippen LogP contribution < -0.4 is 0 Å². The molecule has 0 spiro atoms. The van der Waals surface area contributed by atoms with Gasteiger partial charge in [-0.05, 0) is 25.3 Å². The van der Waals surface area contributed by atoms with E-state index in [9.17, 15) is 9.59 Å². The molecule has 0 atom stereocenters. The second-order valence-electron chi connectivity index (χ2n) is 6.87. The summed E-state index contributed by atoms with van der Waals surface area (Å²) >= 11 is 0. The minimum atomic E-state index is -0.0292. The van der Waals surface area contributed by atoms with Crippen molar-refractivity contribution in [2.24, 2.45) is 0 Å². The van der Waals surface area contributed by atoms with Gasteiger partial charge in [0.1, 0.15) is 6.54 Å². The quantitative estimate of drug-likeness (QED) is 0.836. The molecule has 7 heteroatoms. The molecule has 3 heterocycles. The number of likely N-dealkylation sites (tertiary alicyclic amines) is 1. The fraction of sp³-hybridized carbons (Fsp3) is 0.526. The zero-order chi connectivity index (χ0) is 17.9. The Morgan fingerprint density at radius 3 is 2.46 bits per heavy atom. The van der Waals surface area contributed by atoms with Crippen molar-refractivity contribution in [2.45, 2.75) is 25.8 Å². The van der Waals surface area contributed by atoms with Gasteiger partial charge in [-0.15, -0.1) is 0 Å². The molecule has 0 N–H and O–H groups in total. The molecule has 2 aliphatic rings. The summed E-state index contributed by atoms with van der Waals surface area (Å²) in [6.07, 6.45) is 3.26. The molecule has 1 aromatic heterocycles. The van der Waals surface area contributed by atoms with Crippen LogP contribution in [0.4, 0.5) is 0 Å². The maximum absolute atomic E-state index is 13.0. The molecular formula is C19H24N4O3. The predicted octanol–water partition coefficient (Wildman–Crippen LogP) is 1.52. The first-order chi connectivity index (χ1) is 12.7. The van der Waals surface area contributed by atoms with E-state index in [0.29, 0.717) is 32.0 Å². The molecule has 0 saturated carbocycles. The highest BCUT2D eigenvalue weighted by Gasteiger charge is 2.25. The number of benzene rings is 1. The van der Waals surface area contributed by atoms with Crippen LogP contribution in [0.15, 0.2) is 24.3 Å². The van der Waals surface area contributed by atoms with Crippen LogP contribution in [0.5, 0.6) is 0 Å². The number of hydrogen-bond donors (Lipinski definition) is 0. The average molecular weight is 356 g/mol. The highest BCUT2D eigenvalue weighted by molar-refractivity contribution is 6.05. The normalized spacial score (nSPS) is 18.3. The Balaban J connectivity index is 1.61. The van der Waals surface area contributed by atoms with Crippen LogP contribution in [0.2, 0.25) is 0 Å². The smallest absolute Gasteiger partial charge is 0.275 e. The van der Waals surface area contributed by atoms with E-state index in [2.05, 4.69) is 5.10 Å². The van der Waals surface area contributed by atoms with Crippen LogP contribution in [0, 0.1) is 0 Å². The summed E-state index contributed by atoms with van der Waals surface area (Å²) in [7, 11) is 0. The second kappa shape index (κ2) is 7.45.